The lowest BCUT2D eigenvalue weighted by Crippen LogP contribution is -2.14. The van der Waals surface area contributed by atoms with E-state index >= 15 is 0 Å². The van der Waals surface area contributed by atoms with Crippen LogP contribution in [0.15, 0.2) is 60.7 Å². The van der Waals surface area contributed by atoms with E-state index in [1.54, 1.807) is 0 Å². The van der Waals surface area contributed by atoms with Crippen molar-refractivity contribution in [1.29, 1.82) is 0 Å². The number of hydrogen-bond donors (Lipinski definition) is 0. The van der Waals surface area contributed by atoms with Crippen LogP contribution in [0.1, 0.15) is 29.8 Å². The fraction of sp³-hybridized carbons (Fsp3) is 0.278. The van der Waals surface area contributed by atoms with Crippen molar-refractivity contribution >= 4 is 5.78 Å². The second kappa shape index (κ2) is 4.88. The van der Waals surface area contributed by atoms with Crippen molar-refractivity contribution in [3.63, 3.8) is 0 Å². The zero-order valence-electron chi connectivity index (χ0n) is 11.9. The highest BCUT2D eigenvalue weighted by molar-refractivity contribution is 6.03. The number of ketones is 1. The summed E-state index contributed by atoms with van der Waals surface area (Å²) in [6.07, 6.45) is 0. The van der Waals surface area contributed by atoms with Gasteiger partial charge in [0.15, 0.2) is 5.78 Å². The van der Waals surface area contributed by atoms with Gasteiger partial charge < -0.3 is 0 Å². The van der Waals surface area contributed by atoms with Crippen molar-refractivity contribution in [3.05, 3.63) is 71.8 Å². The second-order valence-electron chi connectivity index (χ2n) is 5.90. The molecule has 0 aliphatic carbocycles. The van der Waals surface area contributed by atoms with Crippen LogP contribution in [0.5, 0.6) is 0 Å². The highest BCUT2D eigenvalue weighted by Gasteiger charge is 2.59. The van der Waals surface area contributed by atoms with Crippen LogP contribution in [0.25, 0.3) is 0 Å². The molecule has 2 heteroatoms. The van der Waals surface area contributed by atoms with Crippen LogP contribution in [0.2, 0.25) is 0 Å². The molecule has 2 atom stereocenters. The number of nitrogens with zero attached hydrogens (tertiary/aromatic N) is 1. The number of rotatable bonds is 4. The van der Waals surface area contributed by atoms with Crippen molar-refractivity contribution in [2.75, 3.05) is 0 Å². The topological polar surface area (TPSA) is 20.1 Å². The van der Waals surface area contributed by atoms with Crippen LogP contribution >= 0.6 is 0 Å². The maximum absolute atomic E-state index is 12.6. The molecule has 0 aromatic heterocycles. The standard InChI is InChI=1S/C18H19NO/c1-18(2)17(16(20)15-11-7-4-8-12-15)19(18)13-14-9-5-3-6-10-14/h3-12,17H,13H2,1-2H3/t17-,19?/m1/s1. The number of carbonyl (C=O) groups is 1. The molecule has 2 aromatic rings. The van der Waals surface area contributed by atoms with Gasteiger partial charge >= 0.3 is 0 Å². The molecule has 2 nitrogen and oxygen atoms in total. The van der Waals surface area contributed by atoms with Gasteiger partial charge in [-0.15, -0.1) is 0 Å². The predicted octanol–water partition coefficient (Wildman–Crippen LogP) is 3.53. The van der Waals surface area contributed by atoms with Gasteiger partial charge in [-0.2, -0.15) is 0 Å². The maximum atomic E-state index is 12.6. The molecule has 1 aliphatic rings. The number of carbonyl (C=O) groups excluding carboxylic acids is 1. The van der Waals surface area contributed by atoms with E-state index in [2.05, 4.69) is 30.9 Å². The monoisotopic (exact) mass is 265 g/mol. The van der Waals surface area contributed by atoms with Crippen molar-refractivity contribution in [2.24, 2.45) is 0 Å². The Labute approximate surface area is 120 Å². The van der Waals surface area contributed by atoms with Gasteiger partial charge in [-0.25, -0.2) is 0 Å². The molecule has 20 heavy (non-hydrogen) atoms. The zero-order valence-corrected chi connectivity index (χ0v) is 11.9. The first-order valence-corrected chi connectivity index (χ1v) is 7.00. The smallest absolute Gasteiger partial charge is 0.181 e. The lowest BCUT2D eigenvalue weighted by Gasteiger charge is -2.05. The number of benzene rings is 2. The van der Waals surface area contributed by atoms with Crippen molar-refractivity contribution in [3.8, 4) is 0 Å². The van der Waals surface area contributed by atoms with E-state index in [4.69, 9.17) is 0 Å². The molecule has 1 heterocycles. The summed E-state index contributed by atoms with van der Waals surface area (Å²) < 4.78 is 0. The maximum Gasteiger partial charge on any atom is 0.181 e. The van der Waals surface area contributed by atoms with E-state index in [0.717, 1.165) is 12.1 Å². The van der Waals surface area contributed by atoms with Crippen LogP contribution in [0.4, 0.5) is 0 Å². The highest BCUT2D eigenvalue weighted by Crippen LogP contribution is 2.43. The molecule has 1 unspecified atom stereocenters. The quantitative estimate of drug-likeness (QED) is 0.622. The third-order valence-electron chi connectivity index (χ3n) is 4.16. The summed E-state index contributed by atoms with van der Waals surface area (Å²) >= 11 is 0. The molecule has 0 bridgehead atoms. The minimum absolute atomic E-state index is 0.00916. The van der Waals surface area contributed by atoms with Crippen molar-refractivity contribution < 1.29 is 4.79 Å². The number of hydrogen-bond acceptors (Lipinski definition) is 2. The molecular formula is C18H19NO. The molecule has 3 rings (SSSR count). The Kier molecular flexibility index (Phi) is 3.19. The van der Waals surface area contributed by atoms with E-state index in [0.29, 0.717) is 0 Å². The summed E-state index contributed by atoms with van der Waals surface area (Å²) in [6.45, 7) is 5.11. The predicted molar refractivity (Wildman–Crippen MR) is 80.6 cm³/mol. The van der Waals surface area contributed by atoms with E-state index in [-0.39, 0.29) is 17.4 Å². The Morgan fingerprint density at radius 3 is 2.15 bits per heavy atom. The Bertz CT molecular complexity index is 604. The summed E-state index contributed by atoms with van der Waals surface area (Å²) in [4.78, 5) is 14.8. The summed E-state index contributed by atoms with van der Waals surface area (Å²) in [7, 11) is 0. The highest BCUT2D eigenvalue weighted by atomic mass is 16.1. The third-order valence-corrected chi connectivity index (χ3v) is 4.16. The molecule has 1 aliphatic heterocycles. The van der Waals surface area contributed by atoms with Gasteiger partial charge in [-0.3, -0.25) is 9.69 Å². The first-order chi connectivity index (χ1) is 9.60. The minimum atomic E-state index is -0.0528. The summed E-state index contributed by atoms with van der Waals surface area (Å²) in [5, 5.41) is 0. The lowest BCUT2D eigenvalue weighted by atomic mass is 10.0. The van der Waals surface area contributed by atoms with Gasteiger partial charge in [-0.1, -0.05) is 60.7 Å². The molecule has 102 valence electrons. The normalized spacial score (nSPS) is 23.3. The first-order valence-electron chi connectivity index (χ1n) is 7.00. The Hall–Kier alpha value is -1.93. The van der Waals surface area contributed by atoms with Gasteiger partial charge in [0.1, 0.15) is 0 Å². The van der Waals surface area contributed by atoms with Gasteiger partial charge in [0.2, 0.25) is 0 Å². The summed E-state index contributed by atoms with van der Waals surface area (Å²) in [5.41, 5.74) is 2.01. The fourth-order valence-electron chi connectivity index (χ4n) is 2.86. The minimum Gasteiger partial charge on any atom is -0.292 e. The van der Waals surface area contributed by atoms with Gasteiger partial charge in [0.25, 0.3) is 0 Å². The summed E-state index contributed by atoms with van der Waals surface area (Å²) in [6, 6.07) is 19.9. The Balaban J connectivity index is 1.77. The second-order valence-corrected chi connectivity index (χ2v) is 5.90. The Morgan fingerprint density at radius 1 is 1.00 bits per heavy atom. The van der Waals surface area contributed by atoms with Crippen molar-refractivity contribution in [1.82, 2.24) is 4.90 Å². The molecular weight excluding hydrogens is 246 g/mol. The van der Waals surface area contributed by atoms with Crippen LogP contribution in [-0.4, -0.2) is 22.3 Å². The van der Waals surface area contributed by atoms with E-state index in [9.17, 15) is 4.79 Å². The van der Waals surface area contributed by atoms with Crippen LogP contribution in [0, 0.1) is 0 Å². The molecule has 0 spiro atoms. The van der Waals surface area contributed by atoms with Gasteiger partial charge in [-0.05, 0) is 19.4 Å². The number of Topliss-reactive ketones (excluding diaryl/α,β-unsaturated/α-hetero) is 1. The molecule has 1 fully saturated rings. The lowest BCUT2D eigenvalue weighted by molar-refractivity contribution is 0.0972. The first kappa shape index (κ1) is 13.1. The molecule has 2 aromatic carbocycles. The van der Waals surface area contributed by atoms with Gasteiger partial charge in [0.05, 0.1) is 6.04 Å². The van der Waals surface area contributed by atoms with Gasteiger partial charge in [0, 0.05) is 17.6 Å². The van der Waals surface area contributed by atoms with Crippen LogP contribution in [-0.2, 0) is 6.54 Å². The third kappa shape index (κ3) is 2.27. The molecule has 0 amide bonds. The summed E-state index contributed by atoms with van der Waals surface area (Å²) in [5.74, 6) is 0.228. The van der Waals surface area contributed by atoms with E-state index < -0.39 is 0 Å². The Morgan fingerprint density at radius 2 is 1.55 bits per heavy atom. The average Bonchev–Trinajstić information content (AvgIpc) is 3.01. The van der Waals surface area contributed by atoms with E-state index in [1.165, 1.54) is 5.56 Å². The SMILES string of the molecule is CC1(C)[C@@H](C(=O)c2ccccc2)N1Cc1ccccc1. The fourth-order valence-corrected chi connectivity index (χ4v) is 2.86. The molecule has 0 radical (unpaired) electrons. The average molecular weight is 265 g/mol. The zero-order chi connectivity index (χ0) is 14.2. The van der Waals surface area contributed by atoms with Crippen molar-refractivity contribution in [2.45, 2.75) is 32.0 Å². The van der Waals surface area contributed by atoms with E-state index in [1.807, 2.05) is 48.5 Å². The molecule has 0 saturated carbocycles. The molecule has 0 N–H and O–H groups in total. The molecule has 1 saturated heterocycles. The van der Waals surface area contributed by atoms with Crippen LogP contribution in [0.3, 0.4) is 0 Å². The largest absolute Gasteiger partial charge is 0.292 e. The van der Waals surface area contributed by atoms with Crippen LogP contribution < -0.4 is 0 Å².